The number of fused-ring (bicyclic) bond motifs is 2. The largest absolute Gasteiger partial charge is 0.357 e. The number of hydrogen-bond donors (Lipinski definition) is 1. The Morgan fingerprint density at radius 3 is 3.00 bits per heavy atom. The number of pyridine rings is 1. The predicted molar refractivity (Wildman–Crippen MR) is 94.6 cm³/mol. The number of nitrogens with one attached hydrogen (secondary N) is 1. The molecule has 4 nitrogen and oxygen atoms in total. The number of carbonyl (C=O) groups is 1. The molecule has 1 N–H and O–H groups in total. The summed E-state index contributed by atoms with van der Waals surface area (Å²) >= 11 is 0. The number of nitrogens with zero attached hydrogens (tertiary/aromatic N) is 1. The molecule has 122 valence electrons. The lowest BCUT2D eigenvalue weighted by molar-refractivity contribution is 0.0972. The smallest absolute Gasteiger partial charge is 0.274 e. The molecule has 2 heterocycles. The Bertz CT molecular complexity index is 981. The number of hydrogen-bond acceptors (Lipinski definition) is 2. The Kier molecular flexibility index (Phi) is 3.60. The van der Waals surface area contributed by atoms with Crippen molar-refractivity contribution in [1.82, 2.24) is 9.55 Å². The van der Waals surface area contributed by atoms with Crippen LogP contribution >= 0.6 is 0 Å². The lowest BCUT2D eigenvalue weighted by Gasteiger charge is -2.25. The van der Waals surface area contributed by atoms with E-state index in [-0.39, 0.29) is 17.3 Å². The van der Waals surface area contributed by atoms with Crippen LogP contribution in [0.2, 0.25) is 0 Å². The van der Waals surface area contributed by atoms with Gasteiger partial charge in [0.2, 0.25) is 0 Å². The number of aromatic nitrogens is 2. The first-order chi connectivity index (χ1) is 11.6. The number of rotatable bonds is 3. The number of aromatic amines is 1. The summed E-state index contributed by atoms with van der Waals surface area (Å²) in [6.07, 6.45) is 7.17. The van der Waals surface area contributed by atoms with Gasteiger partial charge in [0.15, 0.2) is 5.78 Å². The van der Waals surface area contributed by atoms with Crippen molar-refractivity contribution >= 4 is 16.7 Å². The van der Waals surface area contributed by atoms with Crippen LogP contribution in [-0.4, -0.2) is 15.3 Å². The molecule has 0 bridgehead atoms. The molecule has 0 fully saturated rings. The molecule has 1 aromatic carbocycles. The van der Waals surface area contributed by atoms with E-state index in [1.165, 1.54) is 15.7 Å². The van der Waals surface area contributed by atoms with Gasteiger partial charge < -0.3 is 9.55 Å². The first-order valence-corrected chi connectivity index (χ1v) is 8.43. The average Bonchev–Trinajstić information content (AvgIpc) is 3.08. The molecule has 0 amide bonds. The van der Waals surface area contributed by atoms with Crippen LogP contribution in [0.15, 0.2) is 47.5 Å². The molecule has 1 atom stereocenters. The summed E-state index contributed by atoms with van der Waals surface area (Å²) in [6.45, 7) is 0. The number of ketones is 1. The Morgan fingerprint density at radius 2 is 2.12 bits per heavy atom. The van der Waals surface area contributed by atoms with E-state index in [1.807, 2.05) is 6.07 Å². The van der Waals surface area contributed by atoms with Crippen LogP contribution < -0.4 is 5.56 Å². The van der Waals surface area contributed by atoms with Crippen LogP contribution in [0, 0.1) is 0 Å². The molecule has 0 saturated heterocycles. The SMILES string of the molecule is Cn1cc(C(=O)CC2CCCc3ccccc32)c2cc[nH]c2c1=O. The van der Waals surface area contributed by atoms with E-state index in [1.54, 1.807) is 19.4 Å². The van der Waals surface area contributed by atoms with Crippen LogP contribution in [0.3, 0.4) is 0 Å². The average molecular weight is 320 g/mol. The summed E-state index contributed by atoms with van der Waals surface area (Å²) < 4.78 is 1.49. The van der Waals surface area contributed by atoms with Crippen LogP contribution in [-0.2, 0) is 13.5 Å². The van der Waals surface area contributed by atoms with Gasteiger partial charge in [-0.1, -0.05) is 24.3 Å². The summed E-state index contributed by atoms with van der Waals surface area (Å²) in [5.41, 5.74) is 3.72. The number of Topliss-reactive ketones (excluding diaryl/α,β-unsaturated/α-hetero) is 1. The van der Waals surface area contributed by atoms with Gasteiger partial charge in [-0.2, -0.15) is 0 Å². The lowest BCUT2D eigenvalue weighted by atomic mass is 9.79. The number of benzene rings is 1. The van der Waals surface area contributed by atoms with Crippen molar-refractivity contribution in [2.75, 3.05) is 0 Å². The molecule has 0 radical (unpaired) electrons. The number of carbonyl (C=O) groups excluding carboxylic acids is 1. The third-order valence-electron chi connectivity index (χ3n) is 5.12. The minimum Gasteiger partial charge on any atom is -0.357 e. The van der Waals surface area contributed by atoms with E-state index in [4.69, 9.17) is 0 Å². The van der Waals surface area contributed by atoms with Gasteiger partial charge >= 0.3 is 0 Å². The van der Waals surface area contributed by atoms with Gasteiger partial charge in [0.25, 0.3) is 5.56 Å². The molecule has 1 aliphatic carbocycles. The highest BCUT2D eigenvalue weighted by atomic mass is 16.1. The molecule has 24 heavy (non-hydrogen) atoms. The molecule has 0 saturated carbocycles. The second kappa shape index (κ2) is 5.78. The monoisotopic (exact) mass is 320 g/mol. The third kappa shape index (κ3) is 2.39. The summed E-state index contributed by atoms with van der Waals surface area (Å²) in [5.74, 6) is 0.380. The maximum atomic E-state index is 13.0. The summed E-state index contributed by atoms with van der Waals surface area (Å²) in [7, 11) is 1.69. The van der Waals surface area contributed by atoms with Gasteiger partial charge in [0.1, 0.15) is 5.52 Å². The Morgan fingerprint density at radius 1 is 1.29 bits per heavy atom. The zero-order chi connectivity index (χ0) is 16.7. The molecular weight excluding hydrogens is 300 g/mol. The molecular formula is C20H20N2O2. The van der Waals surface area contributed by atoms with Crippen molar-refractivity contribution in [2.45, 2.75) is 31.6 Å². The molecule has 0 spiro atoms. The Hall–Kier alpha value is -2.62. The molecule has 4 rings (SSSR count). The summed E-state index contributed by atoms with van der Waals surface area (Å²) in [5, 5.41) is 0.729. The molecule has 2 aromatic heterocycles. The van der Waals surface area contributed by atoms with Crippen molar-refractivity contribution in [3.8, 4) is 0 Å². The van der Waals surface area contributed by atoms with Gasteiger partial charge in [0.05, 0.1) is 0 Å². The van der Waals surface area contributed by atoms with Gasteiger partial charge in [-0.25, -0.2) is 0 Å². The van der Waals surface area contributed by atoms with E-state index in [0.29, 0.717) is 17.5 Å². The van der Waals surface area contributed by atoms with E-state index in [0.717, 1.165) is 24.6 Å². The zero-order valence-corrected chi connectivity index (χ0v) is 13.7. The van der Waals surface area contributed by atoms with E-state index in [2.05, 4.69) is 29.2 Å². The fourth-order valence-electron chi connectivity index (χ4n) is 3.89. The second-order valence-electron chi connectivity index (χ2n) is 6.64. The third-order valence-corrected chi connectivity index (χ3v) is 5.12. The number of aryl methyl sites for hydroxylation is 2. The molecule has 1 unspecified atom stereocenters. The quantitative estimate of drug-likeness (QED) is 0.750. The first-order valence-electron chi connectivity index (χ1n) is 8.43. The van der Waals surface area contributed by atoms with Gasteiger partial charge in [-0.15, -0.1) is 0 Å². The minimum atomic E-state index is -0.102. The van der Waals surface area contributed by atoms with Crippen LogP contribution in [0.4, 0.5) is 0 Å². The van der Waals surface area contributed by atoms with E-state index < -0.39 is 0 Å². The second-order valence-corrected chi connectivity index (χ2v) is 6.64. The van der Waals surface area contributed by atoms with Gasteiger partial charge in [-0.3, -0.25) is 9.59 Å². The molecule has 4 heteroatoms. The van der Waals surface area contributed by atoms with Crippen LogP contribution in [0.5, 0.6) is 0 Å². The Balaban J connectivity index is 1.70. The van der Waals surface area contributed by atoms with Crippen molar-refractivity contribution < 1.29 is 4.79 Å². The highest BCUT2D eigenvalue weighted by Gasteiger charge is 2.24. The maximum absolute atomic E-state index is 13.0. The highest BCUT2D eigenvalue weighted by molar-refractivity contribution is 6.07. The topological polar surface area (TPSA) is 54.9 Å². The normalized spacial score (nSPS) is 17.0. The Labute approximate surface area is 140 Å². The lowest BCUT2D eigenvalue weighted by Crippen LogP contribution is -2.20. The van der Waals surface area contributed by atoms with Crippen molar-refractivity contribution in [3.63, 3.8) is 0 Å². The van der Waals surface area contributed by atoms with Gasteiger partial charge in [-0.05, 0) is 42.4 Å². The minimum absolute atomic E-state index is 0.102. The fourth-order valence-corrected chi connectivity index (χ4v) is 3.89. The van der Waals surface area contributed by atoms with Crippen molar-refractivity contribution in [2.24, 2.45) is 7.05 Å². The predicted octanol–water partition coefficient (Wildman–Crippen LogP) is 3.56. The molecule has 0 aliphatic heterocycles. The highest BCUT2D eigenvalue weighted by Crippen LogP contribution is 2.35. The fraction of sp³-hybridized carbons (Fsp3) is 0.300. The molecule has 1 aliphatic rings. The summed E-state index contributed by atoms with van der Waals surface area (Å²) in [6, 6.07) is 10.3. The maximum Gasteiger partial charge on any atom is 0.274 e. The standard InChI is InChI=1S/C20H20N2O2/c1-22-12-17(16-9-10-21-19(16)20(22)24)18(23)11-14-7-4-6-13-5-2-3-8-15(13)14/h2-3,5,8-10,12,14,21H,4,6-7,11H2,1H3. The van der Waals surface area contributed by atoms with Gasteiger partial charge in [0, 0.05) is 36.8 Å². The molecule has 3 aromatic rings. The number of H-pyrrole nitrogens is 1. The first kappa shape index (κ1) is 14.9. The van der Waals surface area contributed by atoms with E-state index in [9.17, 15) is 9.59 Å². The van der Waals surface area contributed by atoms with Crippen molar-refractivity contribution in [1.29, 1.82) is 0 Å². The summed E-state index contributed by atoms with van der Waals surface area (Å²) in [4.78, 5) is 28.1. The zero-order valence-electron chi connectivity index (χ0n) is 13.7. The van der Waals surface area contributed by atoms with Crippen LogP contribution in [0.1, 0.15) is 46.7 Å². The van der Waals surface area contributed by atoms with Crippen molar-refractivity contribution in [3.05, 3.63) is 69.8 Å². The van der Waals surface area contributed by atoms with Crippen LogP contribution in [0.25, 0.3) is 10.9 Å². The van der Waals surface area contributed by atoms with E-state index >= 15 is 0 Å².